The molecule has 2 nitrogen and oxygen atoms in total. The molecule has 0 heterocycles. The van der Waals surface area contributed by atoms with Gasteiger partial charge in [-0.2, -0.15) is 0 Å². The van der Waals surface area contributed by atoms with Crippen molar-refractivity contribution in [3.63, 3.8) is 0 Å². The minimum Gasteiger partial charge on any atom is -0.393 e. The fourth-order valence-electron chi connectivity index (χ4n) is 1.89. The lowest BCUT2D eigenvalue weighted by molar-refractivity contribution is 0.114. The van der Waals surface area contributed by atoms with Crippen LogP contribution in [0, 0.1) is 11.8 Å². The van der Waals surface area contributed by atoms with Gasteiger partial charge in [0.05, 0.1) is 6.10 Å². The van der Waals surface area contributed by atoms with E-state index in [0.29, 0.717) is 12.0 Å². The molecular formula is C12H25NO. The van der Waals surface area contributed by atoms with Crippen molar-refractivity contribution in [3.05, 3.63) is 0 Å². The SMILES string of the molecule is CCC(NCCC(O)C(C)C)C1CC1. The van der Waals surface area contributed by atoms with Gasteiger partial charge < -0.3 is 10.4 Å². The molecule has 2 N–H and O–H groups in total. The van der Waals surface area contributed by atoms with Gasteiger partial charge in [0.2, 0.25) is 0 Å². The quantitative estimate of drug-likeness (QED) is 0.658. The van der Waals surface area contributed by atoms with Gasteiger partial charge in [-0.1, -0.05) is 20.8 Å². The number of aliphatic hydroxyl groups excluding tert-OH is 1. The molecule has 84 valence electrons. The fourth-order valence-corrected chi connectivity index (χ4v) is 1.89. The van der Waals surface area contributed by atoms with Crippen molar-refractivity contribution < 1.29 is 5.11 Å². The number of aliphatic hydroxyl groups is 1. The first-order chi connectivity index (χ1) is 6.65. The number of hydrogen-bond donors (Lipinski definition) is 2. The highest BCUT2D eigenvalue weighted by molar-refractivity contribution is 4.85. The third kappa shape index (κ3) is 3.97. The lowest BCUT2D eigenvalue weighted by Crippen LogP contribution is -2.33. The van der Waals surface area contributed by atoms with E-state index in [1.165, 1.54) is 19.3 Å². The summed E-state index contributed by atoms with van der Waals surface area (Å²) in [5.74, 6) is 1.31. The second-order valence-corrected chi connectivity index (χ2v) is 4.91. The molecule has 2 heteroatoms. The summed E-state index contributed by atoms with van der Waals surface area (Å²) in [6.45, 7) is 7.36. The number of rotatable bonds is 7. The van der Waals surface area contributed by atoms with E-state index < -0.39 is 0 Å². The Morgan fingerprint density at radius 2 is 2.00 bits per heavy atom. The Labute approximate surface area is 88.1 Å². The molecule has 0 aromatic heterocycles. The average Bonchev–Trinajstić information content (AvgIpc) is 2.95. The van der Waals surface area contributed by atoms with Crippen LogP contribution in [-0.2, 0) is 0 Å². The Kier molecular flexibility index (Phi) is 4.90. The highest BCUT2D eigenvalue weighted by atomic mass is 16.3. The van der Waals surface area contributed by atoms with Crippen molar-refractivity contribution in [2.75, 3.05) is 6.54 Å². The fraction of sp³-hybridized carbons (Fsp3) is 1.00. The van der Waals surface area contributed by atoms with Crippen LogP contribution < -0.4 is 5.32 Å². The molecule has 0 radical (unpaired) electrons. The summed E-state index contributed by atoms with van der Waals surface area (Å²) in [4.78, 5) is 0. The van der Waals surface area contributed by atoms with Gasteiger partial charge in [-0.15, -0.1) is 0 Å². The van der Waals surface area contributed by atoms with Crippen molar-refractivity contribution in [2.24, 2.45) is 11.8 Å². The van der Waals surface area contributed by atoms with Crippen LogP contribution in [0.4, 0.5) is 0 Å². The third-order valence-electron chi connectivity index (χ3n) is 3.25. The first kappa shape index (κ1) is 12.0. The van der Waals surface area contributed by atoms with Crippen molar-refractivity contribution in [3.8, 4) is 0 Å². The Hall–Kier alpha value is -0.0800. The summed E-state index contributed by atoms with van der Waals surface area (Å²) in [6, 6.07) is 0.703. The number of nitrogens with one attached hydrogen (secondary N) is 1. The molecule has 1 aliphatic carbocycles. The molecule has 0 saturated heterocycles. The summed E-state index contributed by atoms with van der Waals surface area (Å²) in [5, 5.41) is 13.2. The lowest BCUT2D eigenvalue weighted by Gasteiger charge is -2.19. The van der Waals surface area contributed by atoms with Crippen LogP contribution in [0.25, 0.3) is 0 Å². The average molecular weight is 199 g/mol. The third-order valence-corrected chi connectivity index (χ3v) is 3.25. The van der Waals surface area contributed by atoms with Crippen LogP contribution in [0.2, 0.25) is 0 Å². The summed E-state index contributed by atoms with van der Waals surface area (Å²) in [5.41, 5.74) is 0. The van der Waals surface area contributed by atoms with Gasteiger partial charge >= 0.3 is 0 Å². The molecule has 1 aliphatic rings. The Morgan fingerprint density at radius 1 is 1.36 bits per heavy atom. The van der Waals surface area contributed by atoms with E-state index in [-0.39, 0.29) is 6.10 Å². The maximum absolute atomic E-state index is 9.63. The summed E-state index contributed by atoms with van der Waals surface area (Å²) < 4.78 is 0. The number of hydrogen-bond acceptors (Lipinski definition) is 2. The first-order valence-corrected chi connectivity index (χ1v) is 6.06. The Balaban J connectivity index is 2.06. The molecule has 0 aromatic carbocycles. The van der Waals surface area contributed by atoms with Crippen LogP contribution in [-0.4, -0.2) is 23.8 Å². The zero-order valence-corrected chi connectivity index (χ0v) is 9.79. The maximum Gasteiger partial charge on any atom is 0.0575 e. The largest absolute Gasteiger partial charge is 0.393 e. The standard InChI is InChI=1S/C12H25NO/c1-4-11(10-5-6-10)13-8-7-12(14)9(2)3/h9-14H,4-8H2,1-3H3. The molecule has 2 atom stereocenters. The molecule has 0 bridgehead atoms. The summed E-state index contributed by atoms with van der Waals surface area (Å²) in [7, 11) is 0. The van der Waals surface area contributed by atoms with E-state index >= 15 is 0 Å². The van der Waals surface area contributed by atoms with Crippen LogP contribution in [0.1, 0.15) is 46.5 Å². The van der Waals surface area contributed by atoms with E-state index in [0.717, 1.165) is 18.9 Å². The van der Waals surface area contributed by atoms with Gasteiger partial charge in [0.25, 0.3) is 0 Å². The first-order valence-electron chi connectivity index (χ1n) is 6.06. The second-order valence-electron chi connectivity index (χ2n) is 4.91. The van der Waals surface area contributed by atoms with E-state index in [1.807, 2.05) is 0 Å². The van der Waals surface area contributed by atoms with Crippen LogP contribution in [0.3, 0.4) is 0 Å². The van der Waals surface area contributed by atoms with Gasteiger partial charge in [-0.3, -0.25) is 0 Å². The minimum atomic E-state index is -0.140. The van der Waals surface area contributed by atoms with Crippen LogP contribution in [0.5, 0.6) is 0 Å². The summed E-state index contributed by atoms with van der Waals surface area (Å²) in [6.07, 6.45) is 4.78. The molecule has 1 saturated carbocycles. The molecule has 0 spiro atoms. The van der Waals surface area contributed by atoms with Gasteiger partial charge in [0, 0.05) is 6.04 Å². The van der Waals surface area contributed by atoms with Crippen molar-refractivity contribution in [2.45, 2.75) is 58.6 Å². The van der Waals surface area contributed by atoms with Gasteiger partial charge in [-0.05, 0) is 44.1 Å². The molecule has 14 heavy (non-hydrogen) atoms. The second kappa shape index (κ2) is 5.72. The monoisotopic (exact) mass is 199 g/mol. The zero-order chi connectivity index (χ0) is 10.6. The Morgan fingerprint density at radius 3 is 2.43 bits per heavy atom. The van der Waals surface area contributed by atoms with E-state index in [2.05, 4.69) is 26.1 Å². The smallest absolute Gasteiger partial charge is 0.0575 e. The molecule has 2 unspecified atom stereocenters. The minimum absolute atomic E-state index is 0.140. The molecule has 1 fully saturated rings. The maximum atomic E-state index is 9.63. The molecule has 0 aromatic rings. The molecule has 1 rings (SSSR count). The predicted molar refractivity (Wildman–Crippen MR) is 60.3 cm³/mol. The van der Waals surface area contributed by atoms with E-state index in [9.17, 15) is 5.11 Å². The van der Waals surface area contributed by atoms with Gasteiger partial charge in [-0.25, -0.2) is 0 Å². The van der Waals surface area contributed by atoms with Crippen LogP contribution >= 0.6 is 0 Å². The normalized spacial score (nSPS) is 21.2. The Bertz CT molecular complexity index is 154. The zero-order valence-electron chi connectivity index (χ0n) is 9.79. The lowest BCUT2D eigenvalue weighted by atomic mass is 10.0. The van der Waals surface area contributed by atoms with Crippen molar-refractivity contribution >= 4 is 0 Å². The molecule has 0 amide bonds. The highest BCUT2D eigenvalue weighted by Gasteiger charge is 2.29. The van der Waals surface area contributed by atoms with Crippen LogP contribution in [0.15, 0.2) is 0 Å². The van der Waals surface area contributed by atoms with Crippen molar-refractivity contribution in [1.82, 2.24) is 5.32 Å². The van der Waals surface area contributed by atoms with Gasteiger partial charge in [0.1, 0.15) is 0 Å². The summed E-state index contributed by atoms with van der Waals surface area (Å²) >= 11 is 0. The van der Waals surface area contributed by atoms with E-state index in [4.69, 9.17) is 0 Å². The van der Waals surface area contributed by atoms with Gasteiger partial charge in [0.15, 0.2) is 0 Å². The van der Waals surface area contributed by atoms with E-state index in [1.54, 1.807) is 0 Å². The molecule has 0 aliphatic heterocycles. The molecular weight excluding hydrogens is 174 g/mol. The highest BCUT2D eigenvalue weighted by Crippen LogP contribution is 2.33. The topological polar surface area (TPSA) is 32.3 Å². The van der Waals surface area contributed by atoms with Crippen molar-refractivity contribution in [1.29, 1.82) is 0 Å². The predicted octanol–water partition coefficient (Wildman–Crippen LogP) is 2.17.